The molecule has 2 heteroatoms. The molecule has 2 N–H and O–H groups in total. The lowest BCUT2D eigenvalue weighted by Crippen LogP contribution is -2.42. The monoisotopic (exact) mass is 309 g/mol. The van der Waals surface area contributed by atoms with Crippen LogP contribution in [0, 0.1) is 11.3 Å². The molecule has 1 aliphatic carbocycles. The minimum Gasteiger partial charge on any atom is -0.327 e. The molecule has 1 aliphatic rings. The molecule has 0 heterocycles. The average Bonchev–Trinajstić information content (AvgIpc) is 2.28. The van der Waals surface area contributed by atoms with Gasteiger partial charge in [0.15, 0.2) is 0 Å². The number of hydrogen-bond acceptors (Lipinski definition) is 1. The lowest BCUT2D eigenvalue weighted by molar-refractivity contribution is 0.112. The van der Waals surface area contributed by atoms with Crippen LogP contribution in [0.3, 0.4) is 0 Å². The van der Waals surface area contributed by atoms with Crippen molar-refractivity contribution in [3.63, 3.8) is 0 Å². The molecule has 100 valence electrons. The van der Waals surface area contributed by atoms with Gasteiger partial charge in [-0.2, -0.15) is 0 Å². The van der Waals surface area contributed by atoms with E-state index in [0.717, 1.165) is 10.9 Å². The van der Waals surface area contributed by atoms with E-state index in [9.17, 15) is 0 Å². The van der Waals surface area contributed by atoms with Gasteiger partial charge in [-0.3, -0.25) is 0 Å². The van der Waals surface area contributed by atoms with E-state index in [1.807, 2.05) is 0 Å². The van der Waals surface area contributed by atoms with Crippen molar-refractivity contribution in [3.8, 4) is 0 Å². The van der Waals surface area contributed by atoms with Crippen LogP contribution in [0.4, 0.5) is 0 Å². The molecular formula is C16H24BrN. The molecule has 1 aromatic rings. The highest BCUT2D eigenvalue weighted by molar-refractivity contribution is 9.10. The molecule has 0 saturated heterocycles. The highest BCUT2D eigenvalue weighted by Crippen LogP contribution is 2.42. The van der Waals surface area contributed by atoms with Crippen molar-refractivity contribution in [2.45, 2.75) is 52.0 Å². The van der Waals surface area contributed by atoms with E-state index in [0.29, 0.717) is 11.3 Å². The van der Waals surface area contributed by atoms with Crippen LogP contribution in [-0.2, 0) is 6.42 Å². The second-order valence-corrected chi connectivity index (χ2v) is 7.25. The van der Waals surface area contributed by atoms with Gasteiger partial charge in [0, 0.05) is 10.5 Å². The van der Waals surface area contributed by atoms with Crippen molar-refractivity contribution in [1.29, 1.82) is 0 Å². The predicted octanol–water partition coefficient (Wildman–Crippen LogP) is 4.54. The minimum atomic E-state index is 0.287. The predicted molar refractivity (Wildman–Crippen MR) is 81.6 cm³/mol. The maximum Gasteiger partial charge on any atom is 0.0178 e. The van der Waals surface area contributed by atoms with Gasteiger partial charge in [0.1, 0.15) is 0 Å². The van der Waals surface area contributed by atoms with E-state index >= 15 is 0 Å². The molecule has 2 unspecified atom stereocenters. The first-order valence-electron chi connectivity index (χ1n) is 6.99. The Morgan fingerprint density at radius 2 is 2.17 bits per heavy atom. The number of benzene rings is 1. The van der Waals surface area contributed by atoms with Crippen LogP contribution in [0.25, 0.3) is 0 Å². The van der Waals surface area contributed by atoms with E-state index in [-0.39, 0.29) is 6.04 Å². The van der Waals surface area contributed by atoms with Crippen LogP contribution < -0.4 is 5.73 Å². The highest BCUT2D eigenvalue weighted by Gasteiger charge is 2.35. The molecule has 1 fully saturated rings. The van der Waals surface area contributed by atoms with Crippen LogP contribution in [0.15, 0.2) is 28.7 Å². The van der Waals surface area contributed by atoms with E-state index < -0.39 is 0 Å². The van der Waals surface area contributed by atoms with E-state index in [1.165, 1.54) is 31.2 Å². The summed E-state index contributed by atoms with van der Waals surface area (Å²) in [7, 11) is 0. The molecule has 18 heavy (non-hydrogen) atoms. The summed E-state index contributed by atoms with van der Waals surface area (Å²) in [5, 5.41) is 0. The largest absolute Gasteiger partial charge is 0.327 e. The Balaban J connectivity index is 2.05. The van der Waals surface area contributed by atoms with E-state index in [4.69, 9.17) is 5.73 Å². The van der Waals surface area contributed by atoms with Crippen LogP contribution in [0.1, 0.15) is 45.1 Å². The number of rotatable bonds is 3. The lowest BCUT2D eigenvalue weighted by Gasteiger charge is -2.42. The molecule has 0 bridgehead atoms. The Bertz CT molecular complexity index is 400. The Hall–Kier alpha value is -0.340. The smallest absolute Gasteiger partial charge is 0.0178 e. The van der Waals surface area contributed by atoms with Crippen molar-refractivity contribution >= 4 is 15.9 Å². The maximum absolute atomic E-state index is 6.49. The maximum atomic E-state index is 6.49. The minimum absolute atomic E-state index is 0.287. The fraction of sp³-hybridized carbons (Fsp3) is 0.625. The summed E-state index contributed by atoms with van der Waals surface area (Å²) in [6.07, 6.45) is 6.33. The highest BCUT2D eigenvalue weighted by atomic mass is 79.9. The Morgan fingerprint density at radius 3 is 2.83 bits per heavy atom. The van der Waals surface area contributed by atoms with Crippen LogP contribution >= 0.6 is 15.9 Å². The summed E-state index contributed by atoms with van der Waals surface area (Å²) in [5.74, 6) is 0.658. The first-order chi connectivity index (χ1) is 8.49. The first kappa shape index (κ1) is 14.1. The summed E-state index contributed by atoms with van der Waals surface area (Å²) in [4.78, 5) is 0. The van der Waals surface area contributed by atoms with Gasteiger partial charge >= 0.3 is 0 Å². The fourth-order valence-electron chi connectivity index (χ4n) is 3.39. The molecule has 1 saturated carbocycles. The van der Waals surface area contributed by atoms with Gasteiger partial charge in [-0.1, -0.05) is 54.8 Å². The zero-order valence-corrected chi connectivity index (χ0v) is 13.0. The average molecular weight is 310 g/mol. The molecule has 0 aromatic heterocycles. The van der Waals surface area contributed by atoms with Gasteiger partial charge in [-0.15, -0.1) is 0 Å². The summed E-state index contributed by atoms with van der Waals surface area (Å²) in [6, 6.07) is 8.82. The van der Waals surface area contributed by atoms with Gasteiger partial charge in [0.2, 0.25) is 0 Å². The van der Waals surface area contributed by atoms with Gasteiger partial charge < -0.3 is 5.73 Å². The zero-order valence-electron chi connectivity index (χ0n) is 11.5. The van der Waals surface area contributed by atoms with Gasteiger partial charge in [0.25, 0.3) is 0 Å². The molecule has 0 aliphatic heterocycles. The van der Waals surface area contributed by atoms with Crippen molar-refractivity contribution in [1.82, 2.24) is 0 Å². The Labute approximate surface area is 119 Å². The number of hydrogen-bond donors (Lipinski definition) is 1. The quantitative estimate of drug-likeness (QED) is 0.872. The number of halogens is 1. The molecular weight excluding hydrogens is 286 g/mol. The molecule has 0 spiro atoms. The Morgan fingerprint density at radius 1 is 1.39 bits per heavy atom. The summed E-state index contributed by atoms with van der Waals surface area (Å²) < 4.78 is 1.15. The third kappa shape index (κ3) is 3.36. The third-order valence-electron chi connectivity index (χ3n) is 4.47. The molecule has 1 nitrogen and oxygen atoms in total. The van der Waals surface area contributed by atoms with Gasteiger partial charge in [0.05, 0.1) is 0 Å². The van der Waals surface area contributed by atoms with Crippen LogP contribution in [-0.4, -0.2) is 6.04 Å². The van der Waals surface area contributed by atoms with Crippen molar-refractivity contribution in [2.75, 3.05) is 0 Å². The second kappa shape index (κ2) is 5.75. The fourth-order valence-corrected chi connectivity index (χ4v) is 3.84. The first-order valence-corrected chi connectivity index (χ1v) is 7.78. The van der Waals surface area contributed by atoms with Crippen LogP contribution in [0.5, 0.6) is 0 Å². The molecule has 2 atom stereocenters. The second-order valence-electron chi connectivity index (χ2n) is 6.34. The molecule has 2 rings (SSSR count). The Kier molecular flexibility index (Phi) is 4.50. The van der Waals surface area contributed by atoms with Gasteiger partial charge in [-0.25, -0.2) is 0 Å². The molecule has 0 radical (unpaired) electrons. The van der Waals surface area contributed by atoms with Crippen LogP contribution in [0.2, 0.25) is 0 Å². The normalized spacial score (nSPS) is 24.8. The van der Waals surface area contributed by atoms with Crippen molar-refractivity contribution < 1.29 is 0 Å². The molecule has 1 aromatic carbocycles. The van der Waals surface area contributed by atoms with Gasteiger partial charge in [-0.05, 0) is 48.3 Å². The summed E-state index contributed by atoms with van der Waals surface area (Å²) >= 11 is 3.53. The lowest BCUT2D eigenvalue weighted by atomic mass is 9.65. The third-order valence-corrected chi connectivity index (χ3v) is 4.96. The van der Waals surface area contributed by atoms with E-state index in [1.54, 1.807) is 0 Å². The van der Waals surface area contributed by atoms with Crippen molar-refractivity contribution in [2.24, 2.45) is 17.1 Å². The summed E-state index contributed by atoms with van der Waals surface area (Å²) in [6.45, 7) is 4.77. The van der Waals surface area contributed by atoms with Crippen molar-refractivity contribution in [3.05, 3.63) is 34.3 Å². The zero-order chi connectivity index (χ0) is 13.2. The topological polar surface area (TPSA) is 26.0 Å². The summed E-state index contributed by atoms with van der Waals surface area (Å²) in [5.41, 5.74) is 8.24. The van der Waals surface area contributed by atoms with E-state index in [2.05, 4.69) is 54.0 Å². The SMILES string of the molecule is CC1(C)CCCCC1C(N)Cc1cccc(Br)c1. The molecule has 0 amide bonds. The number of nitrogens with two attached hydrogens (primary N) is 1. The standard InChI is InChI=1S/C16H24BrN/c1-16(2)9-4-3-8-14(16)15(18)11-12-6-5-7-13(17)10-12/h5-7,10,14-15H,3-4,8-9,11,18H2,1-2H3.